The van der Waals surface area contributed by atoms with Crippen molar-refractivity contribution in [2.45, 2.75) is 27.2 Å². The molecular weight excluding hydrogens is 248 g/mol. The standard InChI is InChI=1S/C13H24N2O4/c1-5-13(4,11(16)17)9-15-12(18)14-6-7-19-8-10(2)3/h2,5-9H2,1,3-4H3,(H,16,17)(H2,14,15,18). The zero-order chi connectivity index (χ0) is 14.9. The number of urea groups is 1. The molecule has 6 nitrogen and oxygen atoms in total. The first-order valence-corrected chi connectivity index (χ1v) is 6.29. The van der Waals surface area contributed by atoms with Crippen molar-refractivity contribution in [3.63, 3.8) is 0 Å². The maximum absolute atomic E-state index is 11.4. The Balaban J connectivity index is 3.81. The topological polar surface area (TPSA) is 87.7 Å². The van der Waals surface area contributed by atoms with E-state index in [1.807, 2.05) is 6.92 Å². The maximum atomic E-state index is 11.4. The lowest BCUT2D eigenvalue weighted by Crippen LogP contribution is -2.45. The van der Waals surface area contributed by atoms with Crippen LogP contribution in [0.5, 0.6) is 0 Å². The summed E-state index contributed by atoms with van der Waals surface area (Å²) in [6.07, 6.45) is 0.449. The number of nitrogens with one attached hydrogen (secondary N) is 2. The predicted octanol–water partition coefficient (Wildman–Crippen LogP) is 1.38. The first kappa shape index (κ1) is 17.4. The van der Waals surface area contributed by atoms with Crippen LogP contribution in [0.4, 0.5) is 4.79 Å². The van der Waals surface area contributed by atoms with Crippen LogP contribution in [0.2, 0.25) is 0 Å². The van der Waals surface area contributed by atoms with Gasteiger partial charge in [0.05, 0.1) is 18.6 Å². The van der Waals surface area contributed by atoms with E-state index in [9.17, 15) is 9.59 Å². The molecule has 1 unspecified atom stereocenters. The van der Waals surface area contributed by atoms with Gasteiger partial charge in [-0.3, -0.25) is 4.79 Å². The molecule has 3 N–H and O–H groups in total. The summed E-state index contributed by atoms with van der Waals surface area (Å²) in [4.78, 5) is 22.5. The van der Waals surface area contributed by atoms with Gasteiger partial charge in [-0.1, -0.05) is 19.1 Å². The van der Waals surface area contributed by atoms with Gasteiger partial charge in [0.1, 0.15) is 0 Å². The molecule has 1 atom stereocenters. The van der Waals surface area contributed by atoms with Gasteiger partial charge >= 0.3 is 12.0 Å². The van der Waals surface area contributed by atoms with Crippen LogP contribution in [-0.2, 0) is 9.53 Å². The Bertz CT molecular complexity index is 331. The number of rotatable bonds is 9. The van der Waals surface area contributed by atoms with Crippen molar-refractivity contribution in [3.05, 3.63) is 12.2 Å². The molecule has 0 aromatic rings. The lowest BCUT2D eigenvalue weighted by atomic mass is 9.88. The molecule has 0 fully saturated rings. The normalized spacial score (nSPS) is 13.4. The second kappa shape index (κ2) is 8.53. The van der Waals surface area contributed by atoms with Crippen molar-refractivity contribution in [3.8, 4) is 0 Å². The van der Waals surface area contributed by atoms with Gasteiger partial charge in [-0.25, -0.2) is 4.79 Å². The Morgan fingerprint density at radius 2 is 2.00 bits per heavy atom. The second-order valence-corrected chi connectivity index (χ2v) is 4.84. The molecule has 19 heavy (non-hydrogen) atoms. The van der Waals surface area contributed by atoms with Crippen LogP contribution in [0.25, 0.3) is 0 Å². The molecule has 0 heterocycles. The Kier molecular flexibility index (Phi) is 7.83. The zero-order valence-electron chi connectivity index (χ0n) is 11.9. The van der Waals surface area contributed by atoms with E-state index in [0.29, 0.717) is 26.2 Å². The predicted molar refractivity (Wildman–Crippen MR) is 73.1 cm³/mol. The molecule has 0 aliphatic carbocycles. The number of carbonyl (C=O) groups is 2. The van der Waals surface area contributed by atoms with Gasteiger partial charge in [0.25, 0.3) is 0 Å². The molecule has 0 saturated heterocycles. The van der Waals surface area contributed by atoms with E-state index < -0.39 is 11.4 Å². The molecular formula is C13H24N2O4. The molecule has 110 valence electrons. The van der Waals surface area contributed by atoms with Gasteiger partial charge in [-0.05, 0) is 20.3 Å². The third kappa shape index (κ3) is 7.46. The smallest absolute Gasteiger partial charge is 0.314 e. The van der Waals surface area contributed by atoms with E-state index in [1.54, 1.807) is 13.8 Å². The molecule has 0 saturated carbocycles. The summed E-state index contributed by atoms with van der Waals surface area (Å²) in [6, 6.07) is -0.389. The Hall–Kier alpha value is -1.56. The summed E-state index contributed by atoms with van der Waals surface area (Å²) < 4.78 is 5.21. The quantitative estimate of drug-likeness (QED) is 0.437. The fourth-order valence-corrected chi connectivity index (χ4v) is 1.17. The average molecular weight is 272 g/mol. The fourth-order valence-electron chi connectivity index (χ4n) is 1.17. The first-order valence-electron chi connectivity index (χ1n) is 6.29. The van der Waals surface area contributed by atoms with E-state index in [0.717, 1.165) is 5.57 Å². The van der Waals surface area contributed by atoms with Gasteiger partial charge in [-0.15, -0.1) is 0 Å². The minimum absolute atomic E-state index is 0.0945. The molecule has 0 spiro atoms. The highest BCUT2D eigenvalue weighted by Crippen LogP contribution is 2.19. The van der Waals surface area contributed by atoms with Crippen molar-refractivity contribution >= 4 is 12.0 Å². The number of carboxylic acid groups (broad SMARTS) is 1. The molecule has 0 aliphatic rings. The maximum Gasteiger partial charge on any atom is 0.314 e. The van der Waals surface area contributed by atoms with E-state index in [1.165, 1.54) is 0 Å². The number of carbonyl (C=O) groups excluding carboxylic acids is 1. The number of amides is 2. The van der Waals surface area contributed by atoms with Crippen LogP contribution in [-0.4, -0.2) is 43.4 Å². The molecule has 6 heteroatoms. The average Bonchev–Trinajstić information content (AvgIpc) is 2.34. The van der Waals surface area contributed by atoms with Gasteiger partial charge in [0.15, 0.2) is 0 Å². The Labute approximate surface area is 114 Å². The van der Waals surface area contributed by atoms with Crippen LogP contribution < -0.4 is 10.6 Å². The highest BCUT2D eigenvalue weighted by molar-refractivity contribution is 5.77. The zero-order valence-corrected chi connectivity index (χ0v) is 11.9. The third-order valence-corrected chi connectivity index (χ3v) is 2.82. The fraction of sp³-hybridized carbons (Fsp3) is 0.692. The molecule has 0 bridgehead atoms. The molecule has 0 radical (unpaired) electrons. The monoisotopic (exact) mass is 272 g/mol. The Morgan fingerprint density at radius 1 is 1.37 bits per heavy atom. The first-order chi connectivity index (χ1) is 8.81. The summed E-state index contributed by atoms with van der Waals surface area (Å²) in [7, 11) is 0. The SMILES string of the molecule is C=C(C)COCCNC(=O)NCC(C)(CC)C(=O)O. The molecule has 0 rings (SSSR count). The van der Waals surface area contributed by atoms with Crippen LogP contribution >= 0.6 is 0 Å². The summed E-state index contributed by atoms with van der Waals surface area (Å²) in [5.41, 5.74) is -0.0158. The largest absolute Gasteiger partial charge is 0.481 e. The summed E-state index contributed by atoms with van der Waals surface area (Å²) >= 11 is 0. The van der Waals surface area contributed by atoms with Gasteiger partial charge < -0.3 is 20.5 Å². The second-order valence-electron chi connectivity index (χ2n) is 4.84. The van der Waals surface area contributed by atoms with E-state index in [4.69, 9.17) is 9.84 Å². The summed E-state index contributed by atoms with van der Waals surface area (Å²) in [6.45, 7) is 10.3. The lowest BCUT2D eigenvalue weighted by Gasteiger charge is -2.23. The number of hydrogen-bond donors (Lipinski definition) is 3. The van der Waals surface area contributed by atoms with Gasteiger partial charge in [0, 0.05) is 13.1 Å². The number of aliphatic carboxylic acids is 1. The highest BCUT2D eigenvalue weighted by Gasteiger charge is 2.31. The van der Waals surface area contributed by atoms with Crippen molar-refractivity contribution < 1.29 is 19.4 Å². The third-order valence-electron chi connectivity index (χ3n) is 2.82. The highest BCUT2D eigenvalue weighted by atomic mass is 16.5. The summed E-state index contributed by atoms with van der Waals surface area (Å²) in [5.74, 6) is -0.917. The number of hydrogen-bond acceptors (Lipinski definition) is 3. The van der Waals surface area contributed by atoms with Gasteiger partial charge in [-0.2, -0.15) is 0 Å². The van der Waals surface area contributed by atoms with Crippen molar-refractivity contribution in [1.82, 2.24) is 10.6 Å². The van der Waals surface area contributed by atoms with Crippen LogP contribution in [0, 0.1) is 5.41 Å². The van der Waals surface area contributed by atoms with Crippen LogP contribution in [0.3, 0.4) is 0 Å². The minimum Gasteiger partial charge on any atom is -0.481 e. The van der Waals surface area contributed by atoms with Crippen molar-refractivity contribution in [2.24, 2.45) is 5.41 Å². The minimum atomic E-state index is -0.937. The van der Waals surface area contributed by atoms with Crippen LogP contribution in [0.1, 0.15) is 27.2 Å². The molecule has 0 aliphatic heterocycles. The van der Waals surface area contributed by atoms with Gasteiger partial charge in [0.2, 0.25) is 0 Å². The molecule has 0 aromatic carbocycles. The number of ether oxygens (including phenoxy) is 1. The van der Waals surface area contributed by atoms with Crippen LogP contribution in [0.15, 0.2) is 12.2 Å². The van der Waals surface area contributed by atoms with E-state index in [-0.39, 0.29) is 12.6 Å². The van der Waals surface area contributed by atoms with Crippen molar-refractivity contribution in [2.75, 3.05) is 26.3 Å². The molecule has 2 amide bonds. The van der Waals surface area contributed by atoms with E-state index in [2.05, 4.69) is 17.2 Å². The summed E-state index contributed by atoms with van der Waals surface area (Å²) in [5, 5.41) is 14.2. The van der Waals surface area contributed by atoms with Crippen molar-refractivity contribution in [1.29, 1.82) is 0 Å². The number of carboxylic acids is 1. The molecule has 0 aromatic heterocycles. The lowest BCUT2D eigenvalue weighted by molar-refractivity contribution is -0.147. The van der Waals surface area contributed by atoms with E-state index >= 15 is 0 Å². The Morgan fingerprint density at radius 3 is 2.47 bits per heavy atom.